The molecule has 1 aromatic rings. The summed E-state index contributed by atoms with van der Waals surface area (Å²) in [5, 5.41) is 2.64. The third kappa shape index (κ3) is 3.46. The summed E-state index contributed by atoms with van der Waals surface area (Å²) in [7, 11) is 1.65. The SMILES string of the molecule is COc1cc(CC(C)NC(N)=O)ccc1C. The van der Waals surface area contributed by atoms with Gasteiger partial charge < -0.3 is 15.8 Å². The molecule has 3 N–H and O–H groups in total. The molecule has 88 valence electrons. The molecular formula is C12H18N2O2. The largest absolute Gasteiger partial charge is 0.496 e. The predicted molar refractivity (Wildman–Crippen MR) is 63.6 cm³/mol. The summed E-state index contributed by atoms with van der Waals surface area (Å²) in [4.78, 5) is 10.7. The molecule has 0 saturated carbocycles. The highest BCUT2D eigenvalue weighted by Gasteiger charge is 2.07. The van der Waals surface area contributed by atoms with Gasteiger partial charge in [0.15, 0.2) is 0 Å². The first-order chi connectivity index (χ1) is 7.52. The molecular weight excluding hydrogens is 204 g/mol. The zero-order chi connectivity index (χ0) is 12.1. The summed E-state index contributed by atoms with van der Waals surface area (Å²) in [6, 6.07) is 5.54. The normalized spacial score (nSPS) is 11.9. The van der Waals surface area contributed by atoms with Gasteiger partial charge in [-0.25, -0.2) is 4.79 Å². The van der Waals surface area contributed by atoms with E-state index in [1.54, 1.807) is 7.11 Å². The van der Waals surface area contributed by atoms with Gasteiger partial charge in [-0.3, -0.25) is 0 Å². The Morgan fingerprint density at radius 3 is 2.81 bits per heavy atom. The quantitative estimate of drug-likeness (QED) is 0.812. The highest BCUT2D eigenvalue weighted by molar-refractivity contribution is 5.71. The molecule has 1 aromatic carbocycles. The van der Waals surface area contributed by atoms with Crippen molar-refractivity contribution in [3.05, 3.63) is 29.3 Å². The van der Waals surface area contributed by atoms with Crippen molar-refractivity contribution >= 4 is 6.03 Å². The van der Waals surface area contributed by atoms with Gasteiger partial charge in [0.05, 0.1) is 7.11 Å². The Kier molecular flexibility index (Phi) is 4.17. The number of carbonyl (C=O) groups is 1. The molecule has 0 aliphatic carbocycles. The number of carbonyl (C=O) groups excluding carboxylic acids is 1. The lowest BCUT2D eigenvalue weighted by atomic mass is 10.0. The molecule has 0 aliphatic rings. The van der Waals surface area contributed by atoms with Gasteiger partial charge in [0.1, 0.15) is 5.75 Å². The maximum atomic E-state index is 10.7. The molecule has 0 aliphatic heterocycles. The molecule has 0 saturated heterocycles. The Morgan fingerprint density at radius 2 is 2.25 bits per heavy atom. The number of ether oxygens (including phenoxy) is 1. The molecule has 0 spiro atoms. The second-order valence-electron chi connectivity index (χ2n) is 3.92. The lowest BCUT2D eigenvalue weighted by Gasteiger charge is -2.13. The van der Waals surface area contributed by atoms with Crippen molar-refractivity contribution in [1.82, 2.24) is 5.32 Å². The molecule has 4 heteroatoms. The summed E-state index contributed by atoms with van der Waals surface area (Å²) >= 11 is 0. The van der Waals surface area contributed by atoms with E-state index in [4.69, 9.17) is 10.5 Å². The van der Waals surface area contributed by atoms with Gasteiger partial charge in [0.2, 0.25) is 0 Å². The topological polar surface area (TPSA) is 64.3 Å². The lowest BCUT2D eigenvalue weighted by molar-refractivity contribution is 0.246. The molecule has 1 atom stereocenters. The number of hydrogen-bond donors (Lipinski definition) is 2. The van der Waals surface area contributed by atoms with E-state index in [-0.39, 0.29) is 6.04 Å². The number of hydrogen-bond acceptors (Lipinski definition) is 2. The Labute approximate surface area is 95.8 Å². The lowest BCUT2D eigenvalue weighted by Crippen LogP contribution is -2.37. The van der Waals surface area contributed by atoms with Gasteiger partial charge in [-0.2, -0.15) is 0 Å². The summed E-state index contributed by atoms with van der Waals surface area (Å²) in [5.41, 5.74) is 7.27. The second kappa shape index (κ2) is 5.39. The first-order valence-electron chi connectivity index (χ1n) is 5.22. The Hall–Kier alpha value is -1.71. The van der Waals surface area contributed by atoms with Crippen LogP contribution in [0.4, 0.5) is 4.79 Å². The van der Waals surface area contributed by atoms with Crippen molar-refractivity contribution < 1.29 is 9.53 Å². The fourth-order valence-electron chi connectivity index (χ4n) is 1.64. The standard InChI is InChI=1S/C12H18N2O2/c1-8-4-5-10(7-11(8)16-3)6-9(2)14-12(13)15/h4-5,7,9H,6H2,1-3H3,(H3,13,14,15). The van der Waals surface area contributed by atoms with E-state index in [0.29, 0.717) is 0 Å². The average Bonchev–Trinajstić information content (AvgIpc) is 2.19. The van der Waals surface area contributed by atoms with Gasteiger partial charge in [-0.15, -0.1) is 0 Å². The van der Waals surface area contributed by atoms with Crippen molar-refractivity contribution in [2.45, 2.75) is 26.3 Å². The first-order valence-corrected chi connectivity index (χ1v) is 5.22. The molecule has 4 nitrogen and oxygen atoms in total. The molecule has 0 radical (unpaired) electrons. The fraction of sp³-hybridized carbons (Fsp3) is 0.417. The van der Waals surface area contributed by atoms with Crippen LogP contribution in [-0.2, 0) is 6.42 Å². The Bertz CT molecular complexity index is 377. The van der Waals surface area contributed by atoms with Gasteiger partial charge in [-0.1, -0.05) is 12.1 Å². The molecule has 2 amide bonds. The third-order valence-corrected chi connectivity index (χ3v) is 2.40. The second-order valence-corrected chi connectivity index (χ2v) is 3.92. The van der Waals surface area contributed by atoms with E-state index >= 15 is 0 Å². The van der Waals surface area contributed by atoms with E-state index in [1.165, 1.54) is 0 Å². The number of methoxy groups -OCH3 is 1. The maximum absolute atomic E-state index is 10.7. The predicted octanol–water partition coefficient (Wildman–Crippen LogP) is 1.60. The van der Waals surface area contributed by atoms with Crippen LogP contribution in [0.1, 0.15) is 18.1 Å². The van der Waals surface area contributed by atoms with Crippen molar-refractivity contribution in [2.75, 3.05) is 7.11 Å². The van der Waals surface area contributed by atoms with Gasteiger partial charge >= 0.3 is 6.03 Å². The van der Waals surface area contributed by atoms with E-state index < -0.39 is 6.03 Å². The monoisotopic (exact) mass is 222 g/mol. The van der Waals surface area contributed by atoms with Crippen molar-refractivity contribution in [3.8, 4) is 5.75 Å². The molecule has 0 aromatic heterocycles. The minimum Gasteiger partial charge on any atom is -0.496 e. The molecule has 0 heterocycles. The van der Waals surface area contributed by atoms with Crippen molar-refractivity contribution in [3.63, 3.8) is 0 Å². The van der Waals surface area contributed by atoms with Crippen LogP contribution in [0.3, 0.4) is 0 Å². The number of urea groups is 1. The Morgan fingerprint density at radius 1 is 1.56 bits per heavy atom. The third-order valence-electron chi connectivity index (χ3n) is 2.40. The number of nitrogens with one attached hydrogen (secondary N) is 1. The molecule has 1 unspecified atom stereocenters. The van der Waals surface area contributed by atoms with Crippen LogP contribution in [-0.4, -0.2) is 19.2 Å². The van der Waals surface area contributed by atoms with Crippen LogP contribution >= 0.6 is 0 Å². The van der Waals surface area contributed by atoms with Crippen LogP contribution < -0.4 is 15.8 Å². The van der Waals surface area contributed by atoms with Crippen molar-refractivity contribution in [2.24, 2.45) is 5.73 Å². The van der Waals surface area contributed by atoms with E-state index in [1.807, 2.05) is 32.0 Å². The summed E-state index contributed by atoms with van der Waals surface area (Å²) in [5.74, 6) is 0.865. The zero-order valence-corrected chi connectivity index (χ0v) is 9.91. The molecule has 16 heavy (non-hydrogen) atoms. The summed E-state index contributed by atoms with van der Waals surface area (Å²) in [6.07, 6.45) is 0.736. The number of benzene rings is 1. The summed E-state index contributed by atoms with van der Waals surface area (Å²) in [6.45, 7) is 3.91. The highest BCUT2D eigenvalue weighted by atomic mass is 16.5. The van der Waals surface area contributed by atoms with Gasteiger partial charge in [0.25, 0.3) is 0 Å². The number of amides is 2. The first kappa shape index (κ1) is 12.4. The molecule has 0 bridgehead atoms. The van der Waals surface area contributed by atoms with Gasteiger partial charge in [-0.05, 0) is 37.5 Å². The van der Waals surface area contributed by atoms with E-state index in [0.717, 1.165) is 23.3 Å². The van der Waals surface area contributed by atoms with Gasteiger partial charge in [0, 0.05) is 6.04 Å². The highest BCUT2D eigenvalue weighted by Crippen LogP contribution is 2.19. The zero-order valence-electron chi connectivity index (χ0n) is 9.91. The molecule has 0 fully saturated rings. The number of rotatable bonds is 4. The minimum absolute atomic E-state index is 0.0184. The number of nitrogens with two attached hydrogens (primary N) is 1. The number of primary amides is 1. The van der Waals surface area contributed by atoms with Crippen LogP contribution in [0.5, 0.6) is 5.75 Å². The fourth-order valence-corrected chi connectivity index (χ4v) is 1.64. The van der Waals surface area contributed by atoms with Crippen LogP contribution in [0, 0.1) is 6.92 Å². The minimum atomic E-state index is -0.494. The van der Waals surface area contributed by atoms with Crippen LogP contribution in [0.25, 0.3) is 0 Å². The summed E-state index contributed by atoms with van der Waals surface area (Å²) < 4.78 is 5.24. The van der Waals surface area contributed by atoms with E-state index in [2.05, 4.69) is 5.32 Å². The smallest absolute Gasteiger partial charge is 0.312 e. The van der Waals surface area contributed by atoms with E-state index in [9.17, 15) is 4.79 Å². The number of aryl methyl sites for hydroxylation is 1. The Balaban J connectivity index is 2.70. The average molecular weight is 222 g/mol. The maximum Gasteiger partial charge on any atom is 0.312 e. The molecule has 1 rings (SSSR count). The van der Waals surface area contributed by atoms with Crippen LogP contribution in [0.15, 0.2) is 18.2 Å². The van der Waals surface area contributed by atoms with Crippen molar-refractivity contribution in [1.29, 1.82) is 0 Å². The van der Waals surface area contributed by atoms with Crippen LogP contribution in [0.2, 0.25) is 0 Å².